The molecule has 0 aliphatic heterocycles. The van der Waals surface area contributed by atoms with Crippen molar-refractivity contribution in [2.45, 2.75) is 6.54 Å². The highest BCUT2D eigenvalue weighted by Crippen LogP contribution is 2.19. The van der Waals surface area contributed by atoms with Gasteiger partial charge in [0, 0.05) is 30.1 Å². The SMILES string of the molecule is O=C(NCc1ccncc1)c1cccc(C(=O)Nc2c(F)cccc2F)c1. The lowest BCUT2D eigenvalue weighted by molar-refractivity contribution is 0.0951. The van der Waals surface area contributed by atoms with E-state index in [4.69, 9.17) is 0 Å². The van der Waals surface area contributed by atoms with Gasteiger partial charge < -0.3 is 10.6 Å². The second-order valence-electron chi connectivity index (χ2n) is 5.67. The molecule has 0 saturated heterocycles. The van der Waals surface area contributed by atoms with Crippen molar-refractivity contribution in [3.8, 4) is 0 Å². The maximum Gasteiger partial charge on any atom is 0.255 e. The van der Waals surface area contributed by atoms with Gasteiger partial charge in [0.25, 0.3) is 11.8 Å². The largest absolute Gasteiger partial charge is 0.348 e. The second kappa shape index (κ2) is 8.18. The van der Waals surface area contributed by atoms with Crippen molar-refractivity contribution < 1.29 is 18.4 Å². The highest BCUT2D eigenvalue weighted by atomic mass is 19.1. The van der Waals surface area contributed by atoms with Crippen LogP contribution in [0.25, 0.3) is 0 Å². The molecule has 0 atom stereocenters. The molecule has 0 saturated carbocycles. The number of rotatable bonds is 5. The summed E-state index contributed by atoms with van der Waals surface area (Å²) >= 11 is 0. The third-order valence-corrected chi connectivity index (χ3v) is 3.79. The molecule has 1 heterocycles. The number of benzene rings is 2. The molecule has 0 fully saturated rings. The van der Waals surface area contributed by atoms with E-state index in [1.807, 2.05) is 0 Å². The summed E-state index contributed by atoms with van der Waals surface area (Å²) in [5, 5.41) is 4.92. The van der Waals surface area contributed by atoms with E-state index in [1.54, 1.807) is 30.6 Å². The Hall–Kier alpha value is -3.61. The van der Waals surface area contributed by atoms with Crippen molar-refractivity contribution >= 4 is 17.5 Å². The van der Waals surface area contributed by atoms with Gasteiger partial charge in [-0.15, -0.1) is 0 Å². The van der Waals surface area contributed by atoms with E-state index in [-0.39, 0.29) is 17.0 Å². The number of carbonyl (C=O) groups is 2. The molecule has 5 nitrogen and oxygen atoms in total. The van der Waals surface area contributed by atoms with Gasteiger partial charge in [0.05, 0.1) is 0 Å². The Labute approximate surface area is 154 Å². The molecular weight excluding hydrogens is 352 g/mol. The number of aromatic nitrogens is 1. The molecule has 3 rings (SSSR count). The molecule has 2 N–H and O–H groups in total. The van der Waals surface area contributed by atoms with Crippen LogP contribution < -0.4 is 10.6 Å². The summed E-state index contributed by atoms with van der Waals surface area (Å²) in [6, 6.07) is 12.7. The van der Waals surface area contributed by atoms with E-state index < -0.39 is 23.2 Å². The number of para-hydroxylation sites is 1. The van der Waals surface area contributed by atoms with Gasteiger partial charge in [0.2, 0.25) is 0 Å². The average Bonchev–Trinajstić information content (AvgIpc) is 2.70. The lowest BCUT2D eigenvalue weighted by atomic mass is 10.1. The molecule has 0 bridgehead atoms. The number of amides is 2. The number of nitrogens with one attached hydrogen (secondary N) is 2. The third kappa shape index (κ3) is 4.52. The van der Waals surface area contributed by atoms with Gasteiger partial charge in [-0.1, -0.05) is 12.1 Å². The van der Waals surface area contributed by atoms with Crippen LogP contribution in [0.3, 0.4) is 0 Å². The number of hydrogen-bond acceptors (Lipinski definition) is 3. The zero-order chi connectivity index (χ0) is 19.2. The molecule has 0 radical (unpaired) electrons. The van der Waals surface area contributed by atoms with Crippen LogP contribution in [0.2, 0.25) is 0 Å². The van der Waals surface area contributed by atoms with Crippen LogP contribution >= 0.6 is 0 Å². The van der Waals surface area contributed by atoms with Crippen molar-refractivity contribution in [1.82, 2.24) is 10.3 Å². The normalized spacial score (nSPS) is 10.3. The minimum absolute atomic E-state index is 0.106. The lowest BCUT2D eigenvalue weighted by Gasteiger charge is -2.09. The van der Waals surface area contributed by atoms with Crippen LogP contribution in [-0.2, 0) is 6.54 Å². The van der Waals surface area contributed by atoms with Crippen LogP contribution in [0.5, 0.6) is 0 Å². The molecule has 136 valence electrons. The standard InChI is InChI=1S/C20H15F2N3O2/c21-16-5-2-6-17(22)18(16)25-20(27)15-4-1-3-14(11-15)19(26)24-12-13-7-9-23-10-8-13/h1-11H,12H2,(H,24,26)(H,25,27). The molecular formula is C20H15F2N3O2. The fourth-order valence-corrected chi connectivity index (χ4v) is 2.39. The maximum atomic E-state index is 13.7. The molecule has 2 aromatic carbocycles. The van der Waals surface area contributed by atoms with Gasteiger partial charge in [-0.2, -0.15) is 0 Å². The van der Waals surface area contributed by atoms with Crippen LogP contribution in [0.4, 0.5) is 14.5 Å². The van der Waals surface area contributed by atoms with Gasteiger partial charge in [-0.3, -0.25) is 14.6 Å². The van der Waals surface area contributed by atoms with Gasteiger partial charge in [-0.25, -0.2) is 8.78 Å². The van der Waals surface area contributed by atoms with E-state index in [1.165, 1.54) is 24.3 Å². The lowest BCUT2D eigenvalue weighted by Crippen LogP contribution is -2.23. The minimum atomic E-state index is -0.880. The van der Waals surface area contributed by atoms with E-state index in [0.29, 0.717) is 6.54 Å². The smallest absolute Gasteiger partial charge is 0.255 e. The van der Waals surface area contributed by atoms with E-state index in [2.05, 4.69) is 15.6 Å². The van der Waals surface area contributed by atoms with Crippen molar-refractivity contribution in [2.75, 3.05) is 5.32 Å². The Morgan fingerprint density at radius 1 is 0.852 bits per heavy atom. The molecule has 0 aliphatic carbocycles. The fourth-order valence-electron chi connectivity index (χ4n) is 2.39. The van der Waals surface area contributed by atoms with E-state index >= 15 is 0 Å². The van der Waals surface area contributed by atoms with Crippen molar-refractivity contribution in [2.24, 2.45) is 0 Å². The molecule has 0 spiro atoms. The first kappa shape index (κ1) is 18.2. The van der Waals surface area contributed by atoms with Crippen molar-refractivity contribution in [3.05, 3.63) is 95.3 Å². The third-order valence-electron chi connectivity index (χ3n) is 3.79. The number of pyridine rings is 1. The number of nitrogens with zero attached hydrogens (tertiary/aromatic N) is 1. The Balaban J connectivity index is 1.71. The quantitative estimate of drug-likeness (QED) is 0.725. The maximum absolute atomic E-state index is 13.7. The van der Waals surface area contributed by atoms with Crippen LogP contribution in [-0.4, -0.2) is 16.8 Å². The molecule has 27 heavy (non-hydrogen) atoms. The summed E-state index contributed by atoms with van der Waals surface area (Å²) in [7, 11) is 0. The molecule has 1 aromatic heterocycles. The molecule has 0 aliphatic rings. The van der Waals surface area contributed by atoms with Gasteiger partial charge >= 0.3 is 0 Å². The summed E-state index contributed by atoms with van der Waals surface area (Å²) in [5.74, 6) is -2.86. The fraction of sp³-hybridized carbons (Fsp3) is 0.0500. The van der Waals surface area contributed by atoms with Crippen molar-refractivity contribution in [3.63, 3.8) is 0 Å². The zero-order valence-corrected chi connectivity index (χ0v) is 14.1. The number of hydrogen-bond donors (Lipinski definition) is 2. The molecule has 2 amide bonds. The monoisotopic (exact) mass is 367 g/mol. The Kier molecular flexibility index (Phi) is 5.51. The highest BCUT2D eigenvalue weighted by Gasteiger charge is 2.15. The zero-order valence-electron chi connectivity index (χ0n) is 14.1. The predicted octanol–water partition coefficient (Wildman–Crippen LogP) is 3.54. The van der Waals surface area contributed by atoms with Crippen molar-refractivity contribution in [1.29, 1.82) is 0 Å². The summed E-state index contributed by atoms with van der Waals surface area (Å²) < 4.78 is 27.3. The highest BCUT2D eigenvalue weighted by molar-refractivity contribution is 6.06. The first-order chi connectivity index (χ1) is 13.0. The second-order valence-corrected chi connectivity index (χ2v) is 5.67. The average molecular weight is 367 g/mol. The van der Waals surface area contributed by atoms with Crippen LogP contribution in [0.1, 0.15) is 26.3 Å². The predicted molar refractivity (Wildman–Crippen MR) is 96.2 cm³/mol. The van der Waals surface area contributed by atoms with E-state index in [0.717, 1.165) is 17.7 Å². The summed E-state index contributed by atoms with van der Waals surface area (Å²) in [5.41, 5.74) is 0.706. The van der Waals surface area contributed by atoms with Crippen LogP contribution in [0.15, 0.2) is 67.0 Å². The summed E-state index contributed by atoms with van der Waals surface area (Å²) in [6.07, 6.45) is 3.24. The molecule has 3 aromatic rings. The number of carbonyl (C=O) groups excluding carboxylic acids is 2. The summed E-state index contributed by atoms with van der Waals surface area (Å²) in [6.45, 7) is 0.304. The number of anilines is 1. The van der Waals surface area contributed by atoms with Gasteiger partial charge in [0.15, 0.2) is 0 Å². The minimum Gasteiger partial charge on any atom is -0.348 e. The van der Waals surface area contributed by atoms with Gasteiger partial charge in [-0.05, 0) is 48.0 Å². The molecule has 0 unspecified atom stereocenters. The van der Waals surface area contributed by atoms with E-state index in [9.17, 15) is 18.4 Å². The first-order valence-corrected chi connectivity index (χ1v) is 8.07. The Bertz CT molecular complexity index is 958. The topological polar surface area (TPSA) is 71.1 Å². The van der Waals surface area contributed by atoms with Crippen LogP contribution in [0, 0.1) is 11.6 Å². The van der Waals surface area contributed by atoms with Gasteiger partial charge in [0.1, 0.15) is 17.3 Å². The first-order valence-electron chi connectivity index (χ1n) is 8.07. The summed E-state index contributed by atoms with van der Waals surface area (Å²) in [4.78, 5) is 28.5. The molecule has 7 heteroatoms. The number of halogens is 2. The Morgan fingerprint density at radius 2 is 1.44 bits per heavy atom. The Morgan fingerprint density at radius 3 is 2.11 bits per heavy atom.